The SMILES string of the molecule is CC(C)c1cccc(C(C)C)c1NC(=O)COC(=O)c1ccc(Cn2cccn2)cc1. The van der Waals surface area contributed by atoms with E-state index in [4.69, 9.17) is 4.74 Å². The molecule has 0 aliphatic carbocycles. The van der Waals surface area contributed by atoms with E-state index < -0.39 is 5.97 Å². The van der Waals surface area contributed by atoms with Gasteiger partial charge in [0.2, 0.25) is 0 Å². The smallest absolute Gasteiger partial charge is 0.338 e. The van der Waals surface area contributed by atoms with Crippen LogP contribution in [-0.2, 0) is 16.1 Å². The Labute approximate surface area is 183 Å². The summed E-state index contributed by atoms with van der Waals surface area (Å²) in [6, 6.07) is 15.0. The summed E-state index contributed by atoms with van der Waals surface area (Å²) in [4.78, 5) is 24.9. The molecule has 1 heterocycles. The van der Waals surface area contributed by atoms with E-state index in [9.17, 15) is 9.59 Å². The van der Waals surface area contributed by atoms with Crippen molar-refractivity contribution in [1.29, 1.82) is 0 Å². The number of amides is 1. The Bertz CT molecular complexity index is 996. The molecule has 1 aromatic heterocycles. The zero-order chi connectivity index (χ0) is 22.4. The molecule has 6 heteroatoms. The first-order chi connectivity index (χ1) is 14.8. The van der Waals surface area contributed by atoms with E-state index in [2.05, 4.69) is 38.1 Å². The summed E-state index contributed by atoms with van der Waals surface area (Å²) in [5.74, 6) is -0.353. The molecule has 0 radical (unpaired) electrons. The molecule has 1 amide bonds. The Morgan fingerprint density at radius 2 is 1.61 bits per heavy atom. The lowest BCUT2D eigenvalue weighted by molar-refractivity contribution is -0.119. The number of ether oxygens (including phenoxy) is 1. The fourth-order valence-electron chi connectivity index (χ4n) is 3.41. The van der Waals surface area contributed by atoms with Gasteiger partial charge in [-0.1, -0.05) is 58.0 Å². The number of rotatable bonds is 8. The van der Waals surface area contributed by atoms with Crippen molar-refractivity contribution in [2.45, 2.75) is 46.1 Å². The molecule has 1 N–H and O–H groups in total. The lowest BCUT2D eigenvalue weighted by atomic mass is 9.92. The number of nitrogens with one attached hydrogen (secondary N) is 1. The monoisotopic (exact) mass is 419 g/mol. The normalized spacial score (nSPS) is 11.0. The maximum atomic E-state index is 12.5. The maximum absolute atomic E-state index is 12.5. The molecule has 0 aliphatic rings. The third kappa shape index (κ3) is 5.81. The molecular weight excluding hydrogens is 390 g/mol. The standard InChI is InChI=1S/C25H29N3O3/c1-17(2)21-7-5-8-22(18(3)4)24(21)27-23(29)16-31-25(30)20-11-9-19(10-12-20)15-28-14-6-13-26-28/h5-14,17-18H,15-16H2,1-4H3,(H,27,29). The average molecular weight is 420 g/mol. The lowest BCUT2D eigenvalue weighted by Crippen LogP contribution is -2.22. The van der Waals surface area contributed by atoms with Crippen LogP contribution in [0.1, 0.15) is 66.6 Å². The Morgan fingerprint density at radius 3 is 2.16 bits per heavy atom. The molecule has 2 aromatic carbocycles. The van der Waals surface area contributed by atoms with Crippen LogP contribution >= 0.6 is 0 Å². The van der Waals surface area contributed by atoms with Gasteiger partial charge < -0.3 is 10.1 Å². The van der Waals surface area contributed by atoms with Crippen molar-refractivity contribution in [2.75, 3.05) is 11.9 Å². The van der Waals surface area contributed by atoms with Gasteiger partial charge in [-0.3, -0.25) is 9.48 Å². The van der Waals surface area contributed by atoms with Crippen LogP contribution in [0, 0.1) is 0 Å². The van der Waals surface area contributed by atoms with Crippen LogP contribution in [0.4, 0.5) is 5.69 Å². The molecule has 0 fully saturated rings. The quantitative estimate of drug-likeness (QED) is 0.523. The number of para-hydroxylation sites is 1. The fraction of sp³-hybridized carbons (Fsp3) is 0.320. The van der Waals surface area contributed by atoms with Crippen LogP contribution in [0.3, 0.4) is 0 Å². The van der Waals surface area contributed by atoms with Crippen LogP contribution in [0.25, 0.3) is 0 Å². The number of carbonyl (C=O) groups excluding carboxylic acids is 2. The van der Waals surface area contributed by atoms with Gasteiger partial charge in [0, 0.05) is 18.1 Å². The number of anilines is 1. The summed E-state index contributed by atoms with van der Waals surface area (Å²) in [6.07, 6.45) is 3.60. The van der Waals surface area contributed by atoms with Crippen molar-refractivity contribution in [2.24, 2.45) is 0 Å². The highest BCUT2D eigenvalue weighted by Crippen LogP contribution is 2.32. The van der Waals surface area contributed by atoms with E-state index >= 15 is 0 Å². The number of nitrogens with zero attached hydrogens (tertiary/aromatic N) is 2. The molecule has 0 saturated carbocycles. The minimum Gasteiger partial charge on any atom is -0.452 e. The highest BCUT2D eigenvalue weighted by atomic mass is 16.5. The van der Waals surface area contributed by atoms with E-state index in [0.29, 0.717) is 12.1 Å². The highest BCUT2D eigenvalue weighted by molar-refractivity contribution is 5.96. The largest absolute Gasteiger partial charge is 0.452 e. The Hall–Kier alpha value is -3.41. The molecular formula is C25H29N3O3. The summed E-state index contributed by atoms with van der Waals surface area (Å²) in [5, 5.41) is 7.12. The second-order valence-electron chi connectivity index (χ2n) is 8.15. The van der Waals surface area contributed by atoms with Crippen molar-refractivity contribution < 1.29 is 14.3 Å². The van der Waals surface area contributed by atoms with Gasteiger partial charge in [0.05, 0.1) is 12.1 Å². The molecule has 0 atom stereocenters. The second-order valence-corrected chi connectivity index (χ2v) is 8.15. The van der Waals surface area contributed by atoms with Gasteiger partial charge in [-0.05, 0) is 46.7 Å². The van der Waals surface area contributed by atoms with Crippen LogP contribution in [0.15, 0.2) is 60.9 Å². The van der Waals surface area contributed by atoms with Crippen molar-refractivity contribution in [3.8, 4) is 0 Å². The third-order valence-electron chi connectivity index (χ3n) is 5.07. The van der Waals surface area contributed by atoms with Crippen molar-refractivity contribution in [3.05, 3.63) is 83.2 Å². The molecule has 31 heavy (non-hydrogen) atoms. The first-order valence-electron chi connectivity index (χ1n) is 10.5. The number of aromatic nitrogens is 2. The maximum Gasteiger partial charge on any atom is 0.338 e. The van der Waals surface area contributed by atoms with Crippen molar-refractivity contribution >= 4 is 17.6 Å². The Kier molecular flexibility index (Phi) is 7.23. The third-order valence-corrected chi connectivity index (χ3v) is 5.07. The van der Waals surface area contributed by atoms with Crippen LogP contribution in [0.2, 0.25) is 0 Å². The number of hydrogen-bond acceptors (Lipinski definition) is 4. The predicted molar refractivity (Wildman–Crippen MR) is 121 cm³/mol. The molecule has 6 nitrogen and oxygen atoms in total. The lowest BCUT2D eigenvalue weighted by Gasteiger charge is -2.20. The molecule has 0 unspecified atom stereocenters. The van der Waals surface area contributed by atoms with Crippen molar-refractivity contribution in [3.63, 3.8) is 0 Å². The van der Waals surface area contributed by atoms with E-state index in [1.54, 1.807) is 23.0 Å². The molecule has 0 saturated heterocycles. The molecule has 0 spiro atoms. The van der Waals surface area contributed by atoms with E-state index in [1.165, 1.54) is 0 Å². The molecule has 0 aliphatic heterocycles. The van der Waals surface area contributed by atoms with Gasteiger partial charge in [0.1, 0.15) is 0 Å². The zero-order valence-corrected chi connectivity index (χ0v) is 18.5. The van der Waals surface area contributed by atoms with Gasteiger partial charge in [0.15, 0.2) is 6.61 Å². The molecule has 0 bridgehead atoms. The van der Waals surface area contributed by atoms with Gasteiger partial charge in [-0.2, -0.15) is 5.10 Å². The highest BCUT2D eigenvalue weighted by Gasteiger charge is 2.17. The minimum absolute atomic E-state index is 0.261. The number of carbonyl (C=O) groups is 2. The minimum atomic E-state index is -0.526. The molecule has 3 aromatic rings. The van der Waals surface area contributed by atoms with Gasteiger partial charge in [0.25, 0.3) is 5.91 Å². The van der Waals surface area contributed by atoms with Crippen LogP contribution < -0.4 is 5.32 Å². The van der Waals surface area contributed by atoms with Gasteiger partial charge >= 0.3 is 5.97 Å². The Morgan fingerprint density at radius 1 is 0.968 bits per heavy atom. The van der Waals surface area contributed by atoms with Crippen LogP contribution in [-0.4, -0.2) is 28.3 Å². The van der Waals surface area contributed by atoms with E-state index in [0.717, 1.165) is 22.4 Å². The topological polar surface area (TPSA) is 73.2 Å². The van der Waals surface area contributed by atoms with E-state index in [-0.39, 0.29) is 24.3 Å². The van der Waals surface area contributed by atoms with Crippen LogP contribution in [0.5, 0.6) is 0 Å². The summed E-state index contributed by atoms with van der Waals surface area (Å²) < 4.78 is 7.04. The van der Waals surface area contributed by atoms with Gasteiger partial charge in [-0.15, -0.1) is 0 Å². The predicted octanol–water partition coefficient (Wildman–Crippen LogP) is 4.97. The first-order valence-corrected chi connectivity index (χ1v) is 10.5. The van der Waals surface area contributed by atoms with Crippen molar-refractivity contribution in [1.82, 2.24) is 9.78 Å². The molecule has 162 valence electrons. The van der Waals surface area contributed by atoms with E-state index in [1.807, 2.05) is 42.6 Å². The number of benzene rings is 2. The molecule has 3 rings (SSSR count). The number of esters is 1. The van der Waals surface area contributed by atoms with Gasteiger partial charge in [-0.25, -0.2) is 4.79 Å². The first kappa shape index (κ1) is 22.3. The second kappa shape index (κ2) is 10.1. The summed E-state index contributed by atoms with van der Waals surface area (Å²) in [7, 11) is 0. The summed E-state index contributed by atoms with van der Waals surface area (Å²) >= 11 is 0. The fourth-order valence-corrected chi connectivity index (χ4v) is 3.41. The Balaban J connectivity index is 1.60. The number of hydrogen-bond donors (Lipinski definition) is 1. The average Bonchev–Trinajstić information content (AvgIpc) is 3.25. The summed E-state index contributed by atoms with van der Waals surface area (Å²) in [5.41, 5.74) is 4.38. The zero-order valence-electron chi connectivity index (χ0n) is 18.5. The summed E-state index contributed by atoms with van der Waals surface area (Å²) in [6.45, 7) is 8.64.